The monoisotopic (exact) mass is 296 g/mol. The summed E-state index contributed by atoms with van der Waals surface area (Å²) >= 11 is 0. The molecule has 0 saturated heterocycles. The van der Waals surface area contributed by atoms with Crippen LogP contribution in [0, 0.1) is 11.3 Å². The number of nitrogens with one attached hydrogen (secondary N) is 2. The van der Waals surface area contributed by atoms with Crippen molar-refractivity contribution >= 4 is 15.9 Å². The minimum absolute atomic E-state index is 0.0911. The number of nitrogens with zero attached hydrogens (tertiary/aromatic N) is 2. The van der Waals surface area contributed by atoms with Crippen molar-refractivity contribution in [1.29, 1.82) is 5.26 Å². The highest BCUT2D eigenvalue weighted by molar-refractivity contribution is 7.89. The van der Waals surface area contributed by atoms with Crippen LogP contribution in [0.15, 0.2) is 23.2 Å². The van der Waals surface area contributed by atoms with Gasteiger partial charge >= 0.3 is 0 Å². The fourth-order valence-corrected chi connectivity index (χ4v) is 2.51. The molecule has 1 rings (SSSR count). The maximum Gasteiger partial charge on any atom is 0.242 e. The summed E-state index contributed by atoms with van der Waals surface area (Å²) in [5.74, 6) is -0.392. The van der Waals surface area contributed by atoms with E-state index >= 15 is 0 Å². The summed E-state index contributed by atoms with van der Waals surface area (Å²) in [6, 6.07) is 3.48. The molecule has 1 atom stereocenters. The molecule has 0 spiro atoms. The number of sulfonamides is 1. The first-order chi connectivity index (χ1) is 9.40. The molecule has 0 aromatic carbocycles. The second-order valence-corrected chi connectivity index (χ2v) is 5.84. The molecule has 1 amide bonds. The highest BCUT2D eigenvalue weighted by Crippen LogP contribution is 2.08. The smallest absolute Gasteiger partial charge is 0.242 e. The predicted octanol–water partition coefficient (Wildman–Crippen LogP) is 0.146. The molecule has 8 heteroatoms. The first-order valence-electron chi connectivity index (χ1n) is 6.07. The first-order valence-corrected chi connectivity index (χ1v) is 7.55. The summed E-state index contributed by atoms with van der Waals surface area (Å²) in [6.07, 6.45) is 1.85. The van der Waals surface area contributed by atoms with Gasteiger partial charge in [-0.05, 0) is 25.5 Å². The second kappa shape index (κ2) is 6.98. The lowest BCUT2D eigenvalue weighted by Crippen LogP contribution is -2.44. The summed E-state index contributed by atoms with van der Waals surface area (Å²) in [4.78, 5) is 15.2. The number of hydrogen-bond donors (Lipinski definition) is 2. The van der Waals surface area contributed by atoms with Crippen LogP contribution < -0.4 is 10.0 Å². The van der Waals surface area contributed by atoms with Gasteiger partial charge in [-0.2, -0.15) is 9.98 Å². The fraction of sp³-hybridized carbons (Fsp3) is 0.417. The van der Waals surface area contributed by atoms with E-state index < -0.39 is 22.0 Å². The van der Waals surface area contributed by atoms with Gasteiger partial charge in [0, 0.05) is 12.7 Å². The Labute approximate surface area is 118 Å². The van der Waals surface area contributed by atoms with Gasteiger partial charge in [0.05, 0.1) is 6.04 Å². The maximum absolute atomic E-state index is 12.0. The SMILES string of the molecule is CCCNC(=O)C(C)NS(=O)(=O)c1ccc(C#N)nc1. The van der Waals surface area contributed by atoms with Crippen LogP contribution in [0.3, 0.4) is 0 Å². The molecule has 0 aliphatic heterocycles. The molecule has 0 fully saturated rings. The Balaban J connectivity index is 2.78. The van der Waals surface area contributed by atoms with Gasteiger partial charge in [0.1, 0.15) is 16.7 Å². The van der Waals surface area contributed by atoms with E-state index in [0.29, 0.717) is 6.54 Å². The van der Waals surface area contributed by atoms with E-state index in [0.717, 1.165) is 12.6 Å². The van der Waals surface area contributed by atoms with Crippen molar-refractivity contribution in [3.8, 4) is 6.07 Å². The van der Waals surface area contributed by atoms with E-state index in [9.17, 15) is 13.2 Å². The van der Waals surface area contributed by atoms with Crippen LogP contribution in [0.4, 0.5) is 0 Å². The molecule has 0 aliphatic rings. The lowest BCUT2D eigenvalue weighted by Gasteiger charge is -2.13. The van der Waals surface area contributed by atoms with Gasteiger partial charge in [-0.1, -0.05) is 6.92 Å². The number of rotatable bonds is 6. The summed E-state index contributed by atoms with van der Waals surface area (Å²) in [7, 11) is -3.84. The second-order valence-electron chi connectivity index (χ2n) is 4.12. The summed E-state index contributed by atoms with van der Waals surface area (Å²) in [5.41, 5.74) is 0.123. The summed E-state index contributed by atoms with van der Waals surface area (Å²) < 4.78 is 26.3. The number of pyridine rings is 1. The van der Waals surface area contributed by atoms with E-state index in [1.165, 1.54) is 19.1 Å². The molecule has 20 heavy (non-hydrogen) atoms. The Morgan fingerprint density at radius 3 is 2.70 bits per heavy atom. The summed E-state index contributed by atoms with van der Waals surface area (Å²) in [5, 5.41) is 11.2. The molecule has 1 aromatic heterocycles. The van der Waals surface area contributed by atoms with Crippen LogP contribution in [-0.2, 0) is 14.8 Å². The number of carbonyl (C=O) groups is 1. The average Bonchev–Trinajstić information content (AvgIpc) is 2.44. The van der Waals surface area contributed by atoms with Crippen LogP contribution in [0.5, 0.6) is 0 Å². The van der Waals surface area contributed by atoms with Crippen molar-refractivity contribution in [3.63, 3.8) is 0 Å². The Bertz CT molecular complexity index is 605. The molecule has 0 bridgehead atoms. The van der Waals surface area contributed by atoms with Crippen molar-refractivity contribution < 1.29 is 13.2 Å². The maximum atomic E-state index is 12.0. The topological polar surface area (TPSA) is 112 Å². The average molecular weight is 296 g/mol. The van der Waals surface area contributed by atoms with Crippen molar-refractivity contribution in [2.45, 2.75) is 31.2 Å². The van der Waals surface area contributed by atoms with E-state index in [-0.39, 0.29) is 10.6 Å². The lowest BCUT2D eigenvalue weighted by molar-refractivity contribution is -0.122. The Kier molecular flexibility index (Phi) is 5.61. The normalized spacial score (nSPS) is 12.4. The number of nitriles is 1. The van der Waals surface area contributed by atoms with Gasteiger partial charge in [0.15, 0.2) is 0 Å². The molecule has 1 aromatic rings. The van der Waals surface area contributed by atoms with Crippen molar-refractivity contribution in [2.75, 3.05) is 6.54 Å². The summed E-state index contributed by atoms with van der Waals surface area (Å²) in [6.45, 7) is 3.85. The van der Waals surface area contributed by atoms with Crippen LogP contribution in [0.2, 0.25) is 0 Å². The number of carbonyl (C=O) groups excluding carboxylic acids is 1. The minimum atomic E-state index is -3.84. The van der Waals surface area contributed by atoms with Gasteiger partial charge in [-0.15, -0.1) is 0 Å². The van der Waals surface area contributed by atoms with Gasteiger partial charge < -0.3 is 5.32 Å². The zero-order chi connectivity index (χ0) is 15.2. The largest absolute Gasteiger partial charge is 0.355 e. The third-order valence-corrected chi connectivity index (χ3v) is 3.96. The molecule has 7 nitrogen and oxygen atoms in total. The molecule has 108 valence electrons. The van der Waals surface area contributed by atoms with Crippen molar-refractivity contribution in [1.82, 2.24) is 15.0 Å². The minimum Gasteiger partial charge on any atom is -0.355 e. The van der Waals surface area contributed by atoms with E-state index in [1.54, 1.807) is 6.07 Å². The molecule has 2 N–H and O–H groups in total. The highest BCUT2D eigenvalue weighted by Gasteiger charge is 2.21. The highest BCUT2D eigenvalue weighted by atomic mass is 32.2. The number of hydrogen-bond acceptors (Lipinski definition) is 5. The van der Waals surface area contributed by atoms with Gasteiger partial charge in [0.25, 0.3) is 0 Å². The Hall–Kier alpha value is -1.98. The standard InChI is InChI=1S/C12H16N4O3S/c1-3-6-14-12(17)9(2)16-20(18,19)11-5-4-10(7-13)15-8-11/h4-5,8-9,16H,3,6H2,1-2H3,(H,14,17). The van der Waals surface area contributed by atoms with E-state index in [1.807, 2.05) is 6.92 Å². The van der Waals surface area contributed by atoms with Crippen LogP contribution in [0.25, 0.3) is 0 Å². The van der Waals surface area contributed by atoms with Gasteiger partial charge in [-0.3, -0.25) is 4.79 Å². The van der Waals surface area contributed by atoms with Crippen molar-refractivity contribution in [2.24, 2.45) is 0 Å². The van der Waals surface area contributed by atoms with Crippen LogP contribution in [0.1, 0.15) is 26.0 Å². The zero-order valence-corrected chi connectivity index (χ0v) is 12.1. The molecule has 1 heterocycles. The van der Waals surface area contributed by atoms with Gasteiger partial charge in [-0.25, -0.2) is 13.4 Å². The number of aromatic nitrogens is 1. The fourth-order valence-electron chi connectivity index (χ4n) is 1.36. The molecule has 0 radical (unpaired) electrons. The zero-order valence-electron chi connectivity index (χ0n) is 11.3. The molecular formula is C12H16N4O3S. The Morgan fingerprint density at radius 2 is 2.20 bits per heavy atom. The molecular weight excluding hydrogens is 280 g/mol. The predicted molar refractivity (Wildman–Crippen MR) is 72.0 cm³/mol. The van der Waals surface area contributed by atoms with Crippen molar-refractivity contribution in [3.05, 3.63) is 24.0 Å². The molecule has 0 saturated carbocycles. The van der Waals surface area contributed by atoms with Gasteiger partial charge in [0.2, 0.25) is 15.9 Å². The third kappa shape index (κ3) is 4.29. The molecule has 0 aliphatic carbocycles. The van der Waals surface area contributed by atoms with E-state index in [4.69, 9.17) is 5.26 Å². The number of amides is 1. The van der Waals surface area contributed by atoms with E-state index in [2.05, 4.69) is 15.0 Å². The molecule has 1 unspecified atom stereocenters. The third-order valence-electron chi connectivity index (χ3n) is 2.44. The first kappa shape index (κ1) is 16.1. The quantitative estimate of drug-likeness (QED) is 0.776. The van der Waals surface area contributed by atoms with Crippen LogP contribution in [-0.4, -0.2) is 31.9 Å². The van der Waals surface area contributed by atoms with Crippen LogP contribution >= 0.6 is 0 Å². The lowest BCUT2D eigenvalue weighted by atomic mass is 10.3. The Morgan fingerprint density at radius 1 is 1.50 bits per heavy atom.